The first-order valence-corrected chi connectivity index (χ1v) is 7.85. The van der Waals surface area contributed by atoms with Crippen LogP contribution in [0.2, 0.25) is 0 Å². The molecule has 2 aromatic carbocycles. The Kier molecular flexibility index (Phi) is 4.97. The van der Waals surface area contributed by atoms with Gasteiger partial charge in [0.2, 0.25) is 0 Å². The van der Waals surface area contributed by atoms with Crippen LogP contribution in [0.15, 0.2) is 53.7 Å². The molecule has 4 nitrogen and oxygen atoms in total. The third-order valence-electron chi connectivity index (χ3n) is 4.02. The van der Waals surface area contributed by atoms with Crippen molar-refractivity contribution >= 4 is 5.71 Å². The first-order valence-electron chi connectivity index (χ1n) is 7.85. The molecule has 1 heterocycles. The maximum atomic E-state index is 12.8. The highest BCUT2D eigenvalue weighted by molar-refractivity contribution is 6.01. The molecule has 0 amide bonds. The molecule has 26 heavy (non-hydrogen) atoms. The van der Waals surface area contributed by atoms with E-state index in [1.807, 2.05) is 0 Å². The van der Waals surface area contributed by atoms with E-state index in [9.17, 15) is 22.7 Å². The number of rotatable bonds is 5. The maximum Gasteiger partial charge on any atom is 0.458 e. The van der Waals surface area contributed by atoms with Crippen molar-refractivity contribution in [3.8, 4) is 0 Å². The molecule has 8 heteroatoms. The van der Waals surface area contributed by atoms with Crippen molar-refractivity contribution < 1.29 is 27.5 Å². The van der Waals surface area contributed by atoms with E-state index in [-0.39, 0.29) is 11.5 Å². The Balaban J connectivity index is 1.55. The Morgan fingerprint density at radius 1 is 1.00 bits per heavy atom. The molecule has 0 radical (unpaired) electrons. The number of oxime groups is 1. The van der Waals surface area contributed by atoms with E-state index in [4.69, 9.17) is 0 Å². The van der Waals surface area contributed by atoms with Crippen LogP contribution in [-0.2, 0) is 17.9 Å². The van der Waals surface area contributed by atoms with Gasteiger partial charge in [-0.25, -0.2) is 4.39 Å². The highest BCUT2D eigenvalue weighted by Gasteiger charge is 2.60. The third kappa shape index (κ3) is 4.03. The second kappa shape index (κ2) is 7.05. The maximum absolute atomic E-state index is 12.8. The van der Waals surface area contributed by atoms with E-state index in [0.29, 0.717) is 18.7 Å². The summed E-state index contributed by atoms with van der Waals surface area (Å²) in [7, 11) is 0. The topological polar surface area (TPSA) is 53.8 Å². The second-order valence-corrected chi connectivity index (χ2v) is 6.02. The Morgan fingerprint density at radius 2 is 1.54 bits per heavy atom. The number of hydrogen-bond donors (Lipinski definition) is 2. The molecule has 0 bridgehead atoms. The van der Waals surface area contributed by atoms with Crippen LogP contribution in [0.4, 0.5) is 17.6 Å². The van der Waals surface area contributed by atoms with Crippen LogP contribution in [0.5, 0.6) is 0 Å². The van der Waals surface area contributed by atoms with E-state index < -0.39 is 18.4 Å². The fourth-order valence-corrected chi connectivity index (χ4v) is 2.50. The van der Waals surface area contributed by atoms with Crippen molar-refractivity contribution in [2.24, 2.45) is 5.16 Å². The molecule has 1 atom stereocenters. The van der Waals surface area contributed by atoms with Crippen molar-refractivity contribution in [3.05, 3.63) is 71.0 Å². The largest absolute Gasteiger partial charge is 0.458 e. The van der Waals surface area contributed by atoms with Gasteiger partial charge in [-0.05, 0) is 28.8 Å². The van der Waals surface area contributed by atoms with Gasteiger partial charge in [-0.2, -0.15) is 13.2 Å². The van der Waals surface area contributed by atoms with E-state index in [1.54, 1.807) is 36.4 Å². The predicted molar refractivity (Wildman–Crippen MR) is 86.6 cm³/mol. The lowest BCUT2D eigenvalue weighted by Gasteiger charge is -2.22. The Labute approximate surface area is 147 Å². The number of aliphatic hydroxyl groups is 1. The van der Waals surface area contributed by atoms with Gasteiger partial charge in [0.25, 0.3) is 0 Å². The van der Waals surface area contributed by atoms with Crippen molar-refractivity contribution in [1.29, 1.82) is 0 Å². The summed E-state index contributed by atoms with van der Waals surface area (Å²) in [6, 6.07) is 12.9. The summed E-state index contributed by atoms with van der Waals surface area (Å²) < 4.78 is 51.0. The van der Waals surface area contributed by atoms with Crippen molar-refractivity contribution in [1.82, 2.24) is 5.32 Å². The normalized spacial score (nSPS) is 20.0. The number of hydrogen-bond acceptors (Lipinski definition) is 4. The minimum Gasteiger partial charge on any atom is -0.350 e. The van der Waals surface area contributed by atoms with E-state index in [2.05, 4.69) is 15.3 Å². The van der Waals surface area contributed by atoms with Gasteiger partial charge in [-0.15, -0.1) is 0 Å². The molecule has 0 spiro atoms. The van der Waals surface area contributed by atoms with Gasteiger partial charge in [-0.1, -0.05) is 41.6 Å². The minimum atomic E-state index is -4.91. The van der Waals surface area contributed by atoms with E-state index in [1.165, 1.54) is 12.1 Å². The van der Waals surface area contributed by atoms with Crippen molar-refractivity contribution in [2.75, 3.05) is 0 Å². The lowest BCUT2D eigenvalue weighted by Crippen LogP contribution is -2.45. The van der Waals surface area contributed by atoms with Gasteiger partial charge in [0.1, 0.15) is 5.82 Å². The Morgan fingerprint density at radius 3 is 2.04 bits per heavy atom. The van der Waals surface area contributed by atoms with Gasteiger partial charge < -0.3 is 15.3 Å². The summed E-state index contributed by atoms with van der Waals surface area (Å²) in [6.45, 7) is 1.09. The molecular weight excluding hydrogens is 352 g/mol. The van der Waals surface area contributed by atoms with Crippen molar-refractivity contribution in [2.45, 2.75) is 31.5 Å². The van der Waals surface area contributed by atoms with Gasteiger partial charge >= 0.3 is 12.0 Å². The number of alkyl halides is 3. The first kappa shape index (κ1) is 18.3. The second-order valence-electron chi connectivity index (χ2n) is 6.02. The summed E-state index contributed by atoms with van der Waals surface area (Å²) >= 11 is 0. The molecule has 1 unspecified atom stereocenters. The van der Waals surface area contributed by atoms with Crippen LogP contribution in [-0.4, -0.2) is 22.8 Å². The van der Waals surface area contributed by atoms with Crippen LogP contribution >= 0.6 is 0 Å². The van der Waals surface area contributed by atoms with Crippen LogP contribution in [0.1, 0.15) is 23.1 Å². The van der Waals surface area contributed by atoms with Gasteiger partial charge in [-0.3, -0.25) is 0 Å². The molecule has 138 valence electrons. The number of halogens is 4. The number of nitrogens with one attached hydrogen (secondary N) is 1. The molecular formula is C18H16F4N2O2. The van der Waals surface area contributed by atoms with E-state index in [0.717, 1.165) is 11.1 Å². The number of nitrogens with zero attached hydrogens (tertiary/aromatic N) is 1. The van der Waals surface area contributed by atoms with Crippen LogP contribution < -0.4 is 5.32 Å². The zero-order chi connectivity index (χ0) is 18.8. The Hall–Kier alpha value is -2.45. The lowest BCUT2D eigenvalue weighted by atomic mass is 10.0. The third-order valence-corrected chi connectivity index (χ3v) is 4.02. The van der Waals surface area contributed by atoms with Crippen LogP contribution in [0, 0.1) is 5.82 Å². The summed E-state index contributed by atoms with van der Waals surface area (Å²) in [5.41, 5.74) is 2.34. The molecule has 0 saturated carbocycles. The summed E-state index contributed by atoms with van der Waals surface area (Å²) in [5.74, 6) is -3.56. The van der Waals surface area contributed by atoms with E-state index >= 15 is 0 Å². The molecule has 0 aromatic heterocycles. The average Bonchev–Trinajstić information content (AvgIpc) is 3.01. The highest BCUT2D eigenvalue weighted by atomic mass is 19.4. The fraction of sp³-hybridized carbons (Fsp3) is 0.278. The molecule has 1 aliphatic heterocycles. The zero-order valence-corrected chi connectivity index (χ0v) is 13.6. The molecule has 0 fully saturated rings. The van der Waals surface area contributed by atoms with Gasteiger partial charge in [0, 0.05) is 13.1 Å². The SMILES string of the molecule is OC1(C(F)(F)F)CC(c2ccc(CNCc3ccc(F)cc3)cc2)=NO1. The van der Waals surface area contributed by atoms with Gasteiger partial charge in [0.15, 0.2) is 0 Å². The van der Waals surface area contributed by atoms with Crippen molar-refractivity contribution in [3.63, 3.8) is 0 Å². The molecule has 3 rings (SSSR count). The smallest absolute Gasteiger partial charge is 0.350 e. The predicted octanol–water partition coefficient (Wildman–Crippen LogP) is 3.49. The fourth-order valence-electron chi connectivity index (χ4n) is 2.50. The quantitative estimate of drug-likeness (QED) is 0.795. The summed E-state index contributed by atoms with van der Waals surface area (Å²) in [6.07, 6.45) is -5.67. The Bertz CT molecular complexity index is 788. The molecule has 2 N–H and O–H groups in total. The highest BCUT2D eigenvalue weighted by Crippen LogP contribution is 2.38. The first-order chi connectivity index (χ1) is 12.3. The van der Waals surface area contributed by atoms with Crippen LogP contribution in [0.3, 0.4) is 0 Å². The molecule has 0 aliphatic carbocycles. The lowest BCUT2D eigenvalue weighted by molar-refractivity contribution is -0.355. The summed E-state index contributed by atoms with van der Waals surface area (Å²) in [4.78, 5) is 4.20. The monoisotopic (exact) mass is 368 g/mol. The van der Waals surface area contributed by atoms with Gasteiger partial charge in [0.05, 0.1) is 12.1 Å². The standard InChI is InChI=1S/C18H16F4N2O2/c19-15-7-3-13(4-8-15)11-23-10-12-1-5-14(6-2-12)16-9-17(25,26-24-16)18(20,21)22/h1-8,23,25H,9-11H2. The summed E-state index contributed by atoms with van der Waals surface area (Å²) in [5, 5.41) is 16.0. The number of benzene rings is 2. The molecule has 0 saturated heterocycles. The molecule has 2 aromatic rings. The van der Waals surface area contributed by atoms with Crippen LogP contribution in [0.25, 0.3) is 0 Å². The zero-order valence-electron chi connectivity index (χ0n) is 13.6. The minimum absolute atomic E-state index is 0.0376. The molecule has 1 aliphatic rings. The average molecular weight is 368 g/mol.